The number of quaternary nitrogens is 2. The first kappa shape index (κ1) is 13.0. The van der Waals surface area contributed by atoms with Gasteiger partial charge in [0.2, 0.25) is 0 Å². The molecule has 2 heterocycles. The van der Waals surface area contributed by atoms with Crippen molar-refractivity contribution >= 4 is 0 Å². The van der Waals surface area contributed by atoms with Crippen molar-refractivity contribution in [2.75, 3.05) is 54.4 Å². The molecule has 2 fully saturated rings. The molecule has 0 N–H and O–H groups in total. The van der Waals surface area contributed by atoms with E-state index in [1.54, 1.807) is 0 Å². The second-order valence-corrected chi connectivity index (χ2v) is 6.53. The maximum Gasteiger partial charge on any atom is 0.0784 e. The minimum atomic E-state index is 1.25. The molecule has 0 spiro atoms. The Morgan fingerprint density at radius 3 is 0.933 bits per heavy atom. The first-order valence-electron chi connectivity index (χ1n) is 6.55. The minimum absolute atomic E-state index is 1.25. The van der Waals surface area contributed by atoms with Gasteiger partial charge in [-0.1, -0.05) is 0 Å². The van der Waals surface area contributed by atoms with Gasteiger partial charge in [-0.3, -0.25) is 0 Å². The zero-order valence-electron chi connectivity index (χ0n) is 11.3. The monoisotopic (exact) mass is 214 g/mol. The molecule has 0 aliphatic carbocycles. The van der Waals surface area contributed by atoms with Crippen molar-refractivity contribution in [2.24, 2.45) is 0 Å². The lowest BCUT2D eigenvalue weighted by Gasteiger charge is -2.33. The van der Waals surface area contributed by atoms with Crippen LogP contribution in [0.5, 0.6) is 0 Å². The van der Waals surface area contributed by atoms with Crippen LogP contribution < -0.4 is 0 Å². The highest BCUT2D eigenvalue weighted by atomic mass is 15.3. The SMILES string of the molecule is C[N+]1(C)CCCC1.C[N+]1(C)CCCCC1. The molecular formula is C13H30N2+2. The minimum Gasteiger partial charge on any atom is -0.328 e. The first-order valence-corrected chi connectivity index (χ1v) is 6.55. The average molecular weight is 214 g/mol. The third-order valence-corrected chi connectivity index (χ3v) is 3.80. The molecule has 0 aromatic carbocycles. The van der Waals surface area contributed by atoms with E-state index < -0.39 is 0 Å². The zero-order valence-corrected chi connectivity index (χ0v) is 11.3. The Kier molecular flexibility index (Phi) is 4.60. The Hall–Kier alpha value is -0.0800. The van der Waals surface area contributed by atoms with Crippen molar-refractivity contribution in [1.82, 2.24) is 0 Å². The van der Waals surface area contributed by atoms with Crippen molar-refractivity contribution in [3.63, 3.8) is 0 Å². The van der Waals surface area contributed by atoms with Crippen LogP contribution in [-0.4, -0.2) is 63.3 Å². The molecule has 15 heavy (non-hydrogen) atoms. The van der Waals surface area contributed by atoms with Gasteiger partial charge in [0.15, 0.2) is 0 Å². The predicted molar refractivity (Wildman–Crippen MR) is 66.8 cm³/mol. The molecule has 0 unspecified atom stereocenters. The molecule has 2 saturated heterocycles. The highest BCUT2D eigenvalue weighted by Gasteiger charge is 2.20. The van der Waals surface area contributed by atoms with Gasteiger partial charge in [0.05, 0.1) is 54.4 Å². The van der Waals surface area contributed by atoms with Crippen LogP contribution in [0.2, 0.25) is 0 Å². The summed E-state index contributed by atoms with van der Waals surface area (Å²) in [5, 5.41) is 0. The molecule has 0 bridgehead atoms. The van der Waals surface area contributed by atoms with Gasteiger partial charge in [-0.25, -0.2) is 0 Å². The third-order valence-electron chi connectivity index (χ3n) is 3.80. The Labute approximate surface area is 96.1 Å². The van der Waals surface area contributed by atoms with Crippen molar-refractivity contribution < 1.29 is 8.97 Å². The van der Waals surface area contributed by atoms with Gasteiger partial charge in [0, 0.05) is 12.8 Å². The van der Waals surface area contributed by atoms with Crippen molar-refractivity contribution in [2.45, 2.75) is 32.1 Å². The highest BCUT2D eigenvalue weighted by Crippen LogP contribution is 2.12. The largest absolute Gasteiger partial charge is 0.328 e. The summed E-state index contributed by atoms with van der Waals surface area (Å²) in [4.78, 5) is 0. The number of rotatable bonds is 0. The van der Waals surface area contributed by atoms with Gasteiger partial charge in [0.25, 0.3) is 0 Å². The van der Waals surface area contributed by atoms with E-state index >= 15 is 0 Å². The molecule has 0 radical (unpaired) electrons. The molecule has 2 nitrogen and oxygen atoms in total. The van der Waals surface area contributed by atoms with E-state index in [2.05, 4.69) is 28.2 Å². The molecule has 2 rings (SSSR count). The lowest BCUT2D eigenvalue weighted by molar-refractivity contribution is -0.894. The fraction of sp³-hybridized carbons (Fsp3) is 1.00. The van der Waals surface area contributed by atoms with E-state index in [4.69, 9.17) is 0 Å². The molecule has 2 aliphatic rings. The molecule has 0 amide bonds. The molecule has 2 aliphatic heterocycles. The van der Waals surface area contributed by atoms with Crippen LogP contribution in [0.1, 0.15) is 32.1 Å². The van der Waals surface area contributed by atoms with Crippen molar-refractivity contribution in [3.8, 4) is 0 Å². The maximum atomic E-state index is 2.32. The number of nitrogens with zero attached hydrogens (tertiary/aromatic N) is 2. The molecule has 0 saturated carbocycles. The van der Waals surface area contributed by atoms with Crippen LogP contribution >= 0.6 is 0 Å². The molecule has 0 aromatic heterocycles. The fourth-order valence-electron chi connectivity index (χ4n) is 2.56. The Morgan fingerprint density at radius 2 is 0.733 bits per heavy atom. The summed E-state index contributed by atoms with van der Waals surface area (Å²) in [7, 11) is 9.23. The normalized spacial score (nSPS) is 28.0. The smallest absolute Gasteiger partial charge is 0.0784 e. The lowest BCUT2D eigenvalue weighted by atomic mass is 10.1. The van der Waals surface area contributed by atoms with E-state index in [9.17, 15) is 0 Å². The summed E-state index contributed by atoms with van der Waals surface area (Å²) < 4.78 is 2.50. The summed E-state index contributed by atoms with van der Waals surface area (Å²) in [5.41, 5.74) is 0. The van der Waals surface area contributed by atoms with Crippen LogP contribution in [0.4, 0.5) is 0 Å². The zero-order chi connectivity index (χ0) is 11.4. The van der Waals surface area contributed by atoms with E-state index in [0.717, 1.165) is 0 Å². The second kappa shape index (κ2) is 5.31. The highest BCUT2D eigenvalue weighted by molar-refractivity contribution is 4.48. The summed E-state index contributed by atoms with van der Waals surface area (Å²) in [6, 6.07) is 0. The molecule has 0 aromatic rings. The van der Waals surface area contributed by atoms with E-state index in [-0.39, 0.29) is 0 Å². The number of likely N-dealkylation sites (tertiary alicyclic amines) is 2. The van der Waals surface area contributed by atoms with Crippen molar-refractivity contribution in [3.05, 3.63) is 0 Å². The Balaban J connectivity index is 0.000000151. The van der Waals surface area contributed by atoms with E-state index in [1.807, 2.05) is 0 Å². The van der Waals surface area contributed by atoms with Crippen LogP contribution in [0.3, 0.4) is 0 Å². The Morgan fingerprint density at radius 1 is 0.467 bits per heavy atom. The molecule has 2 heteroatoms. The number of hydrogen-bond acceptors (Lipinski definition) is 0. The van der Waals surface area contributed by atoms with Gasteiger partial charge in [-0.15, -0.1) is 0 Å². The molecular weight excluding hydrogens is 184 g/mol. The summed E-state index contributed by atoms with van der Waals surface area (Å²) in [5.74, 6) is 0. The fourth-order valence-corrected chi connectivity index (χ4v) is 2.56. The summed E-state index contributed by atoms with van der Waals surface area (Å²) in [6.07, 6.45) is 7.21. The number of piperidine rings is 1. The Bertz CT molecular complexity index is 169. The first-order chi connectivity index (χ1) is 6.91. The maximum absolute atomic E-state index is 2.32. The summed E-state index contributed by atoms with van der Waals surface area (Å²) in [6.45, 7) is 5.56. The molecule has 90 valence electrons. The van der Waals surface area contributed by atoms with E-state index in [1.165, 1.54) is 67.2 Å². The van der Waals surface area contributed by atoms with Crippen LogP contribution in [-0.2, 0) is 0 Å². The molecule has 0 atom stereocenters. The second-order valence-electron chi connectivity index (χ2n) is 6.53. The van der Waals surface area contributed by atoms with Gasteiger partial charge in [-0.05, 0) is 19.3 Å². The van der Waals surface area contributed by atoms with Gasteiger partial charge < -0.3 is 8.97 Å². The van der Waals surface area contributed by atoms with Crippen LogP contribution in [0.25, 0.3) is 0 Å². The summed E-state index contributed by atoms with van der Waals surface area (Å²) >= 11 is 0. The van der Waals surface area contributed by atoms with Gasteiger partial charge in [-0.2, -0.15) is 0 Å². The number of hydrogen-bond donors (Lipinski definition) is 0. The van der Waals surface area contributed by atoms with Crippen LogP contribution in [0.15, 0.2) is 0 Å². The topological polar surface area (TPSA) is 0 Å². The third kappa shape index (κ3) is 5.53. The quantitative estimate of drug-likeness (QED) is 0.542. The average Bonchev–Trinajstić information content (AvgIpc) is 2.51. The predicted octanol–water partition coefficient (Wildman–Crippen LogP) is 2.10. The van der Waals surface area contributed by atoms with Crippen LogP contribution in [0, 0.1) is 0 Å². The van der Waals surface area contributed by atoms with Crippen molar-refractivity contribution in [1.29, 1.82) is 0 Å². The van der Waals surface area contributed by atoms with E-state index in [0.29, 0.717) is 0 Å². The standard InChI is InChI=1S/C7H16N.C6H14N/c1-8(2)6-4-3-5-7-8;1-7(2)5-3-4-6-7/h3-7H2,1-2H3;3-6H2,1-2H3/q2*+1. The van der Waals surface area contributed by atoms with Gasteiger partial charge >= 0.3 is 0 Å². The van der Waals surface area contributed by atoms with Gasteiger partial charge in [0.1, 0.15) is 0 Å². The lowest BCUT2D eigenvalue weighted by Crippen LogP contribution is -2.43.